The molecule has 1 rings (SSSR count). The monoisotopic (exact) mass is 267 g/mol. The average molecular weight is 267 g/mol. The number of carbonyl (C=O) groups is 2. The zero-order valence-electron chi connectivity index (χ0n) is 9.34. The van der Waals surface area contributed by atoms with E-state index < -0.39 is 18.3 Å². The number of carboxylic acid groups (broad SMARTS) is 1. The van der Waals surface area contributed by atoms with Crippen molar-refractivity contribution < 1.29 is 28.2 Å². The number of carboxylic acids is 1. The largest absolute Gasteiger partial charge is 0.478 e. The molecule has 0 radical (unpaired) electrons. The highest BCUT2D eigenvalue weighted by Gasteiger charge is 2.15. The van der Waals surface area contributed by atoms with E-state index in [1.165, 1.54) is 0 Å². The number of halogens is 2. The third-order valence-electron chi connectivity index (χ3n) is 2.09. The minimum atomic E-state index is -3.14. The molecular weight excluding hydrogens is 260 g/mol. The van der Waals surface area contributed by atoms with Crippen LogP contribution in [-0.2, 0) is 4.79 Å². The van der Waals surface area contributed by atoms with E-state index in [4.69, 9.17) is 10.4 Å². The van der Waals surface area contributed by atoms with E-state index in [1.807, 2.05) is 0 Å². The number of nitriles is 1. The Morgan fingerprint density at radius 2 is 2.11 bits per heavy atom. The van der Waals surface area contributed by atoms with Crippen molar-refractivity contribution in [1.29, 1.82) is 5.26 Å². The highest BCUT2D eigenvalue weighted by Crippen LogP contribution is 2.26. The lowest BCUT2D eigenvalue weighted by atomic mass is 10.0. The first kappa shape index (κ1) is 14.3. The second-order valence-corrected chi connectivity index (χ2v) is 3.22. The zero-order valence-corrected chi connectivity index (χ0v) is 9.34. The van der Waals surface area contributed by atoms with Crippen LogP contribution >= 0.6 is 0 Å². The van der Waals surface area contributed by atoms with Crippen molar-refractivity contribution in [3.63, 3.8) is 0 Å². The van der Waals surface area contributed by atoms with Gasteiger partial charge in [0.15, 0.2) is 6.29 Å². The van der Waals surface area contributed by atoms with Gasteiger partial charge in [-0.1, -0.05) is 0 Å². The fourth-order valence-electron chi connectivity index (χ4n) is 1.37. The van der Waals surface area contributed by atoms with Gasteiger partial charge in [0.25, 0.3) is 0 Å². The summed E-state index contributed by atoms with van der Waals surface area (Å²) in [5.74, 6) is -1.73. The molecule has 7 heteroatoms. The molecule has 1 N–H and O–H groups in total. The van der Waals surface area contributed by atoms with Gasteiger partial charge in [-0.05, 0) is 18.2 Å². The second kappa shape index (κ2) is 6.26. The quantitative estimate of drug-likeness (QED) is 0.651. The van der Waals surface area contributed by atoms with Crippen LogP contribution in [0.3, 0.4) is 0 Å². The smallest absolute Gasteiger partial charge is 0.387 e. The zero-order chi connectivity index (χ0) is 14.4. The summed E-state index contributed by atoms with van der Waals surface area (Å²) < 4.78 is 28.4. The lowest BCUT2D eigenvalue weighted by molar-refractivity contribution is -0.131. The van der Waals surface area contributed by atoms with Gasteiger partial charge in [0.2, 0.25) is 0 Å². The third kappa shape index (κ3) is 3.61. The van der Waals surface area contributed by atoms with Gasteiger partial charge in [0.05, 0.1) is 17.2 Å². The first-order valence-electron chi connectivity index (χ1n) is 4.87. The van der Waals surface area contributed by atoms with Crippen molar-refractivity contribution in [3.05, 3.63) is 34.9 Å². The maximum atomic E-state index is 12.1. The van der Waals surface area contributed by atoms with E-state index in [9.17, 15) is 18.4 Å². The standard InChI is InChI=1S/C12H7F2NO4/c13-12(14)19-10-3-1-7(5-15)8(9(10)6-16)2-4-11(17)18/h1-4,6,12H,(H,17,18)/b4-2+. The van der Waals surface area contributed by atoms with Crippen molar-refractivity contribution >= 4 is 18.3 Å². The molecule has 1 aromatic carbocycles. The van der Waals surface area contributed by atoms with Crippen LogP contribution in [-0.4, -0.2) is 24.0 Å². The number of alkyl halides is 2. The van der Waals surface area contributed by atoms with Gasteiger partial charge in [0, 0.05) is 11.6 Å². The molecule has 0 fully saturated rings. The number of hydrogen-bond donors (Lipinski definition) is 1. The van der Waals surface area contributed by atoms with E-state index in [2.05, 4.69) is 4.74 Å². The average Bonchev–Trinajstić information content (AvgIpc) is 2.35. The molecule has 0 atom stereocenters. The lowest BCUT2D eigenvalue weighted by Gasteiger charge is -2.10. The van der Waals surface area contributed by atoms with Crippen LogP contribution in [0.15, 0.2) is 18.2 Å². The Morgan fingerprint density at radius 1 is 1.42 bits per heavy atom. The van der Waals surface area contributed by atoms with Crippen LogP contribution in [0.1, 0.15) is 21.5 Å². The summed E-state index contributed by atoms with van der Waals surface area (Å²) in [5.41, 5.74) is -0.420. The van der Waals surface area contributed by atoms with Gasteiger partial charge in [-0.2, -0.15) is 14.0 Å². The molecule has 0 bridgehead atoms. The number of aliphatic carboxylic acids is 1. The van der Waals surface area contributed by atoms with Crippen molar-refractivity contribution in [2.75, 3.05) is 0 Å². The molecular formula is C12H7F2NO4. The predicted octanol–water partition coefficient (Wildman–Crippen LogP) is 2.07. The molecule has 0 unspecified atom stereocenters. The van der Waals surface area contributed by atoms with Crippen LogP contribution in [0.5, 0.6) is 5.75 Å². The molecule has 0 heterocycles. The number of rotatable bonds is 5. The normalized spacial score (nSPS) is 10.4. The molecule has 1 aromatic rings. The van der Waals surface area contributed by atoms with Crippen molar-refractivity contribution in [1.82, 2.24) is 0 Å². The van der Waals surface area contributed by atoms with Gasteiger partial charge in [-0.3, -0.25) is 4.79 Å². The fraction of sp³-hybridized carbons (Fsp3) is 0.0833. The van der Waals surface area contributed by atoms with Gasteiger partial charge >= 0.3 is 12.6 Å². The van der Waals surface area contributed by atoms with Crippen LogP contribution in [0, 0.1) is 11.3 Å². The summed E-state index contributed by atoms with van der Waals surface area (Å²) in [6.45, 7) is -3.14. The summed E-state index contributed by atoms with van der Waals surface area (Å²) in [6, 6.07) is 3.94. The first-order chi connectivity index (χ1) is 8.99. The Balaban J connectivity index is 3.42. The molecule has 0 aromatic heterocycles. The summed E-state index contributed by atoms with van der Waals surface area (Å²) in [5, 5.41) is 17.3. The van der Waals surface area contributed by atoms with Crippen LogP contribution in [0.4, 0.5) is 8.78 Å². The molecule has 0 aliphatic heterocycles. The fourth-order valence-corrected chi connectivity index (χ4v) is 1.37. The number of ether oxygens (including phenoxy) is 1. The topological polar surface area (TPSA) is 87.4 Å². The molecule has 0 amide bonds. The molecule has 0 aliphatic rings. The molecule has 19 heavy (non-hydrogen) atoms. The number of benzene rings is 1. The summed E-state index contributed by atoms with van der Waals surface area (Å²) in [4.78, 5) is 21.4. The van der Waals surface area contributed by atoms with E-state index in [1.54, 1.807) is 6.07 Å². The maximum Gasteiger partial charge on any atom is 0.387 e. The van der Waals surface area contributed by atoms with Crippen molar-refractivity contribution in [2.45, 2.75) is 6.61 Å². The predicted molar refractivity (Wildman–Crippen MR) is 59.8 cm³/mol. The molecule has 0 saturated heterocycles. The molecule has 5 nitrogen and oxygen atoms in total. The van der Waals surface area contributed by atoms with Gasteiger partial charge in [0.1, 0.15) is 5.75 Å². The Bertz CT molecular complexity index is 576. The minimum absolute atomic E-state index is 0.0267. The summed E-state index contributed by atoms with van der Waals surface area (Å²) in [7, 11) is 0. The number of aldehydes is 1. The Morgan fingerprint density at radius 3 is 2.58 bits per heavy atom. The van der Waals surface area contributed by atoms with Crippen LogP contribution in [0.25, 0.3) is 6.08 Å². The minimum Gasteiger partial charge on any atom is -0.478 e. The van der Waals surface area contributed by atoms with E-state index in [0.29, 0.717) is 6.08 Å². The van der Waals surface area contributed by atoms with E-state index >= 15 is 0 Å². The number of hydrogen-bond acceptors (Lipinski definition) is 4. The van der Waals surface area contributed by atoms with E-state index in [0.717, 1.165) is 18.2 Å². The SMILES string of the molecule is N#Cc1ccc(OC(F)F)c(C=O)c1/C=C/C(=O)O. The van der Waals surface area contributed by atoms with Crippen LogP contribution < -0.4 is 4.74 Å². The molecule has 0 spiro atoms. The molecule has 0 saturated carbocycles. The first-order valence-corrected chi connectivity index (χ1v) is 4.87. The molecule has 0 aliphatic carbocycles. The Kier molecular flexibility index (Phi) is 4.71. The van der Waals surface area contributed by atoms with Crippen molar-refractivity contribution in [3.8, 4) is 11.8 Å². The highest BCUT2D eigenvalue weighted by atomic mass is 19.3. The summed E-state index contributed by atoms with van der Waals surface area (Å²) in [6.07, 6.45) is 1.89. The molecule has 98 valence electrons. The maximum absolute atomic E-state index is 12.1. The second-order valence-electron chi connectivity index (χ2n) is 3.22. The highest BCUT2D eigenvalue weighted by molar-refractivity contribution is 5.92. The van der Waals surface area contributed by atoms with E-state index in [-0.39, 0.29) is 23.0 Å². The lowest BCUT2D eigenvalue weighted by Crippen LogP contribution is -2.06. The summed E-state index contributed by atoms with van der Waals surface area (Å²) >= 11 is 0. The number of carbonyl (C=O) groups excluding carboxylic acids is 1. The van der Waals surface area contributed by atoms with Gasteiger partial charge < -0.3 is 9.84 Å². The van der Waals surface area contributed by atoms with Crippen molar-refractivity contribution in [2.24, 2.45) is 0 Å². The van der Waals surface area contributed by atoms with Gasteiger partial charge in [-0.25, -0.2) is 4.79 Å². The Hall–Kier alpha value is -2.75. The third-order valence-corrected chi connectivity index (χ3v) is 2.09. The van der Waals surface area contributed by atoms with Crippen LogP contribution in [0.2, 0.25) is 0 Å². The number of nitrogens with zero attached hydrogens (tertiary/aromatic N) is 1. The van der Waals surface area contributed by atoms with Gasteiger partial charge in [-0.15, -0.1) is 0 Å². The Labute approximate surface area is 106 Å².